The molecule has 0 bridgehead atoms. The summed E-state index contributed by atoms with van der Waals surface area (Å²) < 4.78 is 13.6. The second kappa shape index (κ2) is 5.43. The summed E-state index contributed by atoms with van der Waals surface area (Å²) in [6.07, 6.45) is 0.969. The Morgan fingerprint density at radius 1 is 1.24 bits per heavy atom. The van der Waals surface area contributed by atoms with Crippen molar-refractivity contribution in [3.8, 4) is 10.4 Å². The first-order valence-corrected chi connectivity index (χ1v) is 6.58. The van der Waals surface area contributed by atoms with Gasteiger partial charge in [-0.3, -0.25) is 0 Å². The molecule has 0 amide bonds. The van der Waals surface area contributed by atoms with Gasteiger partial charge in [-0.2, -0.15) is 0 Å². The van der Waals surface area contributed by atoms with E-state index in [1.54, 1.807) is 17.4 Å². The number of hydrogen-bond donors (Lipinski definition) is 1. The quantitative estimate of drug-likeness (QED) is 0.870. The Morgan fingerprint density at radius 2 is 2.00 bits per heavy atom. The molecule has 0 saturated heterocycles. The zero-order valence-corrected chi connectivity index (χ0v) is 10.6. The normalized spacial score (nSPS) is 12.6. The van der Waals surface area contributed by atoms with Gasteiger partial charge in [0.1, 0.15) is 5.82 Å². The maximum absolute atomic E-state index is 13.6. The standard InChI is InChI=1S/C14H16FNS/c1-10(8-9-16)13-6-7-14(17-13)11-4-2-3-5-12(11)15/h2-7,10H,8-9,16H2,1H3. The highest BCUT2D eigenvalue weighted by Gasteiger charge is 2.11. The molecule has 0 aliphatic carbocycles. The van der Waals surface area contributed by atoms with Gasteiger partial charge >= 0.3 is 0 Å². The summed E-state index contributed by atoms with van der Waals surface area (Å²) >= 11 is 1.65. The van der Waals surface area contributed by atoms with E-state index in [0.29, 0.717) is 18.0 Å². The number of rotatable bonds is 4. The van der Waals surface area contributed by atoms with Crippen LogP contribution in [0.1, 0.15) is 24.1 Å². The van der Waals surface area contributed by atoms with Gasteiger partial charge in [-0.25, -0.2) is 4.39 Å². The fraction of sp³-hybridized carbons (Fsp3) is 0.286. The van der Waals surface area contributed by atoms with Crippen LogP contribution >= 0.6 is 11.3 Å². The third kappa shape index (κ3) is 2.73. The van der Waals surface area contributed by atoms with Crippen molar-refractivity contribution in [2.75, 3.05) is 6.54 Å². The van der Waals surface area contributed by atoms with Crippen molar-refractivity contribution < 1.29 is 4.39 Å². The summed E-state index contributed by atoms with van der Waals surface area (Å²) in [5, 5.41) is 0. The number of thiophene rings is 1. The Labute approximate surface area is 105 Å². The van der Waals surface area contributed by atoms with E-state index >= 15 is 0 Å². The van der Waals surface area contributed by atoms with E-state index in [4.69, 9.17) is 5.73 Å². The predicted molar refractivity (Wildman–Crippen MR) is 71.8 cm³/mol. The van der Waals surface area contributed by atoms with Crippen LogP contribution in [-0.4, -0.2) is 6.54 Å². The van der Waals surface area contributed by atoms with Gasteiger partial charge in [0.05, 0.1) is 0 Å². The van der Waals surface area contributed by atoms with Crippen LogP contribution in [0, 0.1) is 5.82 Å². The van der Waals surface area contributed by atoms with Gasteiger partial charge < -0.3 is 5.73 Å². The Hall–Kier alpha value is -1.19. The van der Waals surface area contributed by atoms with Crippen LogP contribution in [-0.2, 0) is 0 Å². The highest BCUT2D eigenvalue weighted by molar-refractivity contribution is 7.15. The molecule has 3 heteroatoms. The third-order valence-electron chi connectivity index (χ3n) is 2.85. The van der Waals surface area contributed by atoms with Gasteiger partial charge in [0.25, 0.3) is 0 Å². The first-order chi connectivity index (χ1) is 8.22. The smallest absolute Gasteiger partial charge is 0.131 e. The van der Waals surface area contributed by atoms with Crippen molar-refractivity contribution in [2.45, 2.75) is 19.3 Å². The van der Waals surface area contributed by atoms with E-state index in [1.807, 2.05) is 18.2 Å². The molecule has 1 heterocycles. The maximum Gasteiger partial charge on any atom is 0.131 e. The molecule has 1 nitrogen and oxygen atoms in total. The summed E-state index contributed by atoms with van der Waals surface area (Å²) in [4.78, 5) is 2.26. The zero-order chi connectivity index (χ0) is 12.3. The highest BCUT2D eigenvalue weighted by Crippen LogP contribution is 2.34. The van der Waals surface area contributed by atoms with Crippen molar-refractivity contribution in [2.24, 2.45) is 5.73 Å². The molecule has 2 N–H and O–H groups in total. The minimum Gasteiger partial charge on any atom is -0.330 e. The van der Waals surface area contributed by atoms with E-state index in [0.717, 1.165) is 11.3 Å². The molecule has 1 atom stereocenters. The van der Waals surface area contributed by atoms with Crippen LogP contribution in [0.4, 0.5) is 4.39 Å². The first-order valence-electron chi connectivity index (χ1n) is 5.77. The number of benzene rings is 1. The molecule has 0 saturated carbocycles. The van der Waals surface area contributed by atoms with Gasteiger partial charge in [-0.05, 0) is 37.1 Å². The van der Waals surface area contributed by atoms with Gasteiger partial charge in [0.15, 0.2) is 0 Å². The van der Waals surface area contributed by atoms with Gasteiger partial charge in [-0.1, -0.05) is 25.1 Å². The molecule has 0 spiro atoms. The molecule has 17 heavy (non-hydrogen) atoms. The Morgan fingerprint density at radius 3 is 2.71 bits per heavy atom. The summed E-state index contributed by atoms with van der Waals surface area (Å²) in [6.45, 7) is 2.85. The lowest BCUT2D eigenvalue weighted by molar-refractivity contribution is 0.631. The van der Waals surface area contributed by atoms with Gasteiger partial charge in [-0.15, -0.1) is 11.3 Å². The van der Waals surface area contributed by atoms with Gasteiger partial charge in [0, 0.05) is 15.3 Å². The molecule has 90 valence electrons. The van der Waals surface area contributed by atoms with Crippen LogP contribution in [0.5, 0.6) is 0 Å². The molecule has 1 unspecified atom stereocenters. The summed E-state index contributed by atoms with van der Waals surface area (Å²) in [5.41, 5.74) is 6.24. The van der Waals surface area contributed by atoms with Crippen LogP contribution in [0.3, 0.4) is 0 Å². The summed E-state index contributed by atoms with van der Waals surface area (Å²) in [7, 11) is 0. The van der Waals surface area contributed by atoms with Crippen LogP contribution in [0.15, 0.2) is 36.4 Å². The first kappa shape index (κ1) is 12.3. The fourth-order valence-electron chi connectivity index (χ4n) is 1.82. The Bertz CT molecular complexity index is 492. The lowest BCUT2D eigenvalue weighted by Gasteiger charge is -2.06. The molecule has 1 aromatic heterocycles. The largest absolute Gasteiger partial charge is 0.330 e. The lowest BCUT2D eigenvalue weighted by atomic mass is 10.1. The average Bonchev–Trinajstić information content (AvgIpc) is 2.79. The maximum atomic E-state index is 13.6. The topological polar surface area (TPSA) is 26.0 Å². The second-order valence-electron chi connectivity index (χ2n) is 4.16. The van der Waals surface area contributed by atoms with Crippen molar-refractivity contribution >= 4 is 11.3 Å². The number of hydrogen-bond acceptors (Lipinski definition) is 2. The summed E-state index contributed by atoms with van der Waals surface area (Å²) in [5.74, 6) is 0.290. The minimum absolute atomic E-state index is 0.160. The van der Waals surface area contributed by atoms with E-state index in [1.165, 1.54) is 10.9 Å². The summed E-state index contributed by atoms with van der Waals surface area (Å²) in [6, 6.07) is 11.0. The number of halogens is 1. The van der Waals surface area contributed by atoms with Crippen LogP contribution < -0.4 is 5.73 Å². The average molecular weight is 249 g/mol. The highest BCUT2D eigenvalue weighted by atomic mass is 32.1. The minimum atomic E-state index is -0.160. The molecule has 0 aliphatic rings. The van der Waals surface area contributed by atoms with Crippen molar-refractivity contribution in [3.05, 3.63) is 47.1 Å². The van der Waals surface area contributed by atoms with E-state index in [-0.39, 0.29) is 5.82 Å². The zero-order valence-electron chi connectivity index (χ0n) is 9.82. The van der Waals surface area contributed by atoms with E-state index < -0.39 is 0 Å². The van der Waals surface area contributed by atoms with E-state index in [9.17, 15) is 4.39 Å². The van der Waals surface area contributed by atoms with Crippen molar-refractivity contribution in [3.63, 3.8) is 0 Å². The molecule has 0 radical (unpaired) electrons. The molecular weight excluding hydrogens is 233 g/mol. The molecule has 2 aromatic rings. The molecule has 0 fully saturated rings. The Balaban J connectivity index is 2.27. The molecule has 1 aromatic carbocycles. The third-order valence-corrected chi connectivity index (χ3v) is 4.20. The Kier molecular flexibility index (Phi) is 3.92. The van der Waals surface area contributed by atoms with E-state index in [2.05, 4.69) is 13.0 Å². The van der Waals surface area contributed by atoms with Crippen LogP contribution in [0.25, 0.3) is 10.4 Å². The molecule has 2 rings (SSSR count). The molecule has 0 aliphatic heterocycles. The second-order valence-corrected chi connectivity index (χ2v) is 5.28. The van der Waals surface area contributed by atoms with Gasteiger partial charge in [0.2, 0.25) is 0 Å². The monoisotopic (exact) mass is 249 g/mol. The molecular formula is C14H16FNS. The van der Waals surface area contributed by atoms with Crippen LogP contribution in [0.2, 0.25) is 0 Å². The number of nitrogens with two attached hydrogens (primary N) is 1. The SMILES string of the molecule is CC(CCN)c1ccc(-c2ccccc2F)s1. The van der Waals surface area contributed by atoms with Crippen molar-refractivity contribution in [1.82, 2.24) is 0 Å². The predicted octanol–water partition coefficient (Wildman–Crippen LogP) is 4.01. The fourth-order valence-corrected chi connectivity index (χ4v) is 2.94. The van der Waals surface area contributed by atoms with Crippen molar-refractivity contribution in [1.29, 1.82) is 0 Å². The lowest BCUT2D eigenvalue weighted by Crippen LogP contribution is -2.03.